The van der Waals surface area contributed by atoms with Crippen LogP contribution in [0.15, 0.2) is 55.0 Å². The molecular formula is C21H23N5O. The van der Waals surface area contributed by atoms with Crippen LogP contribution in [0.1, 0.15) is 27.2 Å². The summed E-state index contributed by atoms with van der Waals surface area (Å²) in [4.78, 5) is 21.3. The Balaban J connectivity index is 1.52. The predicted octanol–water partition coefficient (Wildman–Crippen LogP) is 2.53. The summed E-state index contributed by atoms with van der Waals surface area (Å²) in [7, 11) is 4.15. The van der Waals surface area contributed by atoms with Crippen LogP contribution in [0, 0.1) is 0 Å². The molecule has 0 radical (unpaired) electrons. The molecule has 1 aromatic carbocycles. The number of amides is 1. The van der Waals surface area contributed by atoms with Gasteiger partial charge in [0.25, 0.3) is 5.91 Å². The SMILES string of the molecule is CN(C)Cc1ccc2c(c1)CCN(C(=O)c1cc(-n3cccn3)ccn1)C2. The smallest absolute Gasteiger partial charge is 0.272 e. The van der Waals surface area contributed by atoms with E-state index in [0.717, 1.165) is 18.7 Å². The summed E-state index contributed by atoms with van der Waals surface area (Å²) >= 11 is 0. The van der Waals surface area contributed by atoms with Crippen molar-refractivity contribution in [2.45, 2.75) is 19.5 Å². The molecule has 1 aliphatic heterocycles. The number of nitrogens with zero attached hydrogens (tertiary/aromatic N) is 5. The Hall–Kier alpha value is -2.99. The maximum Gasteiger partial charge on any atom is 0.272 e. The second-order valence-electron chi connectivity index (χ2n) is 7.17. The first-order valence-corrected chi connectivity index (χ1v) is 9.11. The highest BCUT2D eigenvalue weighted by atomic mass is 16.2. The highest BCUT2D eigenvalue weighted by molar-refractivity contribution is 5.93. The standard InChI is InChI=1S/C21H23N5O/c1-24(2)14-16-4-5-18-15-25(11-7-17(18)12-16)21(27)20-13-19(6-9-22-20)26-10-3-8-23-26/h3-6,8-10,12-13H,7,11,14-15H2,1-2H3. The van der Waals surface area contributed by atoms with Crippen LogP contribution >= 0.6 is 0 Å². The van der Waals surface area contributed by atoms with Crippen molar-refractivity contribution >= 4 is 5.91 Å². The van der Waals surface area contributed by atoms with Gasteiger partial charge in [-0.05, 0) is 55.4 Å². The van der Waals surface area contributed by atoms with Crippen molar-refractivity contribution in [3.63, 3.8) is 0 Å². The van der Waals surface area contributed by atoms with Crippen LogP contribution in [-0.2, 0) is 19.5 Å². The molecule has 6 heteroatoms. The molecule has 0 atom stereocenters. The van der Waals surface area contributed by atoms with Crippen LogP contribution in [0.5, 0.6) is 0 Å². The first-order chi connectivity index (χ1) is 13.1. The van der Waals surface area contributed by atoms with Crippen molar-refractivity contribution in [2.75, 3.05) is 20.6 Å². The van der Waals surface area contributed by atoms with Gasteiger partial charge >= 0.3 is 0 Å². The molecule has 0 spiro atoms. The van der Waals surface area contributed by atoms with Crippen molar-refractivity contribution in [1.29, 1.82) is 0 Å². The number of rotatable bonds is 4. The van der Waals surface area contributed by atoms with Gasteiger partial charge in [-0.3, -0.25) is 9.78 Å². The molecule has 0 saturated carbocycles. The number of benzene rings is 1. The Bertz CT molecular complexity index is 949. The summed E-state index contributed by atoms with van der Waals surface area (Å²) in [5.74, 6) is -0.0352. The highest BCUT2D eigenvalue weighted by Gasteiger charge is 2.23. The van der Waals surface area contributed by atoms with E-state index in [1.54, 1.807) is 23.1 Å². The first-order valence-electron chi connectivity index (χ1n) is 9.11. The van der Waals surface area contributed by atoms with Crippen molar-refractivity contribution in [3.05, 3.63) is 77.4 Å². The quantitative estimate of drug-likeness (QED) is 0.717. The molecule has 27 heavy (non-hydrogen) atoms. The van der Waals surface area contributed by atoms with Gasteiger partial charge in [-0.2, -0.15) is 5.10 Å². The summed E-state index contributed by atoms with van der Waals surface area (Å²) in [5, 5.41) is 4.22. The molecule has 0 fully saturated rings. The van der Waals surface area contributed by atoms with E-state index in [2.05, 4.69) is 47.3 Å². The second-order valence-corrected chi connectivity index (χ2v) is 7.17. The lowest BCUT2D eigenvalue weighted by molar-refractivity contribution is 0.0728. The molecule has 1 amide bonds. The van der Waals surface area contributed by atoms with Crippen LogP contribution in [0.3, 0.4) is 0 Å². The molecule has 0 unspecified atom stereocenters. The van der Waals surface area contributed by atoms with Crippen LogP contribution in [-0.4, -0.2) is 51.1 Å². The number of fused-ring (bicyclic) bond motifs is 1. The average molecular weight is 361 g/mol. The Labute approximate surface area is 159 Å². The number of pyridine rings is 1. The predicted molar refractivity (Wildman–Crippen MR) is 104 cm³/mol. The third-order valence-electron chi connectivity index (χ3n) is 4.80. The normalized spacial score (nSPS) is 13.7. The number of carbonyl (C=O) groups is 1. The minimum absolute atomic E-state index is 0.0352. The first kappa shape index (κ1) is 17.4. The van der Waals surface area contributed by atoms with Crippen LogP contribution in [0.2, 0.25) is 0 Å². The van der Waals surface area contributed by atoms with Crippen molar-refractivity contribution in [3.8, 4) is 5.69 Å². The van der Waals surface area contributed by atoms with Gasteiger partial charge in [0.2, 0.25) is 0 Å². The summed E-state index contributed by atoms with van der Waals surface area (Å²) in [6.07, 6.45) is 6.11. The van der Waals surface area contributed by atoms with E-state index in [9.17, 15) is 4.79 Å². The third kappa shape index (κ3) is 3.75. The van der Waals surface area contributed by atoms with Crippen molar-refractivity contribution in [1.82, 2.24) is 24.6 Å². The van der Waals surface area contributed by atoms with Gasteiger partial charge in [0.05, 0.1) is 5.69 Å². The summed E-state index contributed by atoms with van der Waals surface area (Å²) < 4.78 is 1.73. The van der Waals surface area contributed by atoms with Crippen molar-refractivity contribution < 1.29 is 4.79 Å². The van der Waals surface area contributed by atoms with Gasteiger partial charge in [-0.15, -0.1) is 0 Å². The Morgan fingerprint density at radius 3 is 2.81 bits per heavy atom. The van der Waals surface area contributed by atoms with Gasteiger partial charge in [0, 0.05) is 38.2 Å². The van der Waals surface area contributed by atoms with Crippen LogP contribution < -0.4 is 0 Å². The zero-order valence-electron chi connectivity index (χ0n) is 15.7. The van der Waals surface area contributed by atoms with E-state index in [1.807, 2.05) is 23.2 Å². The fourth-order valence-corrected chi connectivity index (χ4v) is 3.51. The van der Waals surface area contributed by atoms with E-state index in [1.165, 1.54) is 16.7 Å². The molecule has 2 aromatic heterocycles. The molecule has 4 rings (SSSR count). The van der Waals surface area contributed by atoms with E-state index in [0.29, 0.717) is 18.8 Å². The number of carbonyl (C=O) groups excluding carboxylic acids is 1. The molecule has 1 aliphatic rings. The molecular weight excluding hydrogens is 338 g/mol. The van der Waals surface area contributed by atoms with E-state index >= 15 is 0 Å². The average Bonchev–Trinajstić information content (AvgIpc) is 3.21. The minimum Gasteiger partial charge on any atom is -0.333 e. The zero-order valence-corrected chi connectivity index (χ0v) is 15.7. The Kier molecular flexibility index (Phi) is 4.73. The van der Waals surface area contributed by atoms with Crippen molar-refractivity contribution in [2.24, 2.45) is 0 Å². The molecule has 138 valence electrons. The summed E-state index contributed by atoms with van der Waals surface area (Å²) in [6.45, 7) is 2.27. The summed E-state index contributed by atoms with van der Waals surface area (Å²) in [5.41, 5.74) is 5.17. The molecule has 0 N–H and O–H groups in total. The summed E-state index contributed by atoms with van der Waals surface area (Å²) in [6, 6.07) is 12.1. The molecule has 3 heterocycles. The largest absolute Gasteiger partial charge is 0.333 e. The molecule has 0 saturated heterocycles. The lowest BCUT2D eigenvalue weighted by Gasteiger charge is -2.29. The van der Waals surface area contributed by atoms with Gasteiger partial charge in [-0.25, -0.2) is 4.68 Å². The second kappa shape index (κ2) is 7.32. The zero-order chi connectivity index (χ0) is 18.8. The molecule has 3 aromatic rings. The maximum atomic E-state index is 13.0. The van der Waals surface area contributed by atoms with Crippen LogP contribution in [0.4, 0.5) is 0 Å². The van der Waals surface area contributed by atoms with E-state index < -0.39 is 0 Å². The van der Waals surface area contributed by atoms with Crippen LogP contribution in [0.25, 0.3) is 5.69 Å². The van der Waals surface area contributed by atoms with E-state index in [4.69, 9.17) is 0 Å². The van der Waals surface area contributed by atoms with E-state index in [-0.39, 0.29) is 5.91 Å². The topological polar surface area (TPSA) is 54.3 Å². The number of aromatic nitrogens is 3. The lowest BCUT2D eigenvalue weighted by Crippen LogP contribution is -2.36. The van der Waals surface area contributed by atoms with Gasteiger partial charge in [-0.1, -0.05) is 18.2 Å². The number of hydrogen-bond donors (Lipinski definition) is 0. The highest BCUT2D eigenvalue weighted by Crippen LogP contribution is 2.22. The third-order valence-corrected chi connectivity index (χ3v) is 4.80. The molecule has 6 nitrogen and oxygen atoms in total. The van der Waals surface area contributed by atoms with Gasteiger partial charge in [0.1, 0.15) is 5.69 Å². The Morgan fingerprint density at radius 2 is 2.04 bits per heavy atom. The van der Waals surface area contributed by atoms with Gasteiger partial charge < -0.3 is 9.80 Å². The maximum absolute atomic E-state index is 13.0. The number of hydrogen-bond acceptors (Lipinski definition) is 4. The Morgan fingerprint density at radius 1 is 1.15 bits per heavy atom. The molecule has 0 bridgehead atoms. The fraction of sp³-hybridized carbons (Fsp3) is 0.286. The molecule has 0 aliphatic carbocycles. The monoisotopic (exact) mass is 361 g/mol. The van der Waals surface area contributed by atoms with Gasteiger partial charge in [0.15, 0.2) is 0 Å². The minimum atomic E-state index is -0.0352. The lowest BCUT2D eigenvalue weighted by atomic mass is 9.97. The fourth-order valence-electron chi connectivity index (χ4n) is 3.51.